The first-order valence-corrected chi connectivity index (χ1v) is 7.05. The van der Waals surface area contributed by atoms with Crippen LogP contribution in [0.1, 0.15) is 22.3 Å². The zero-order chi connectivity index (χ0) is 13.6. The molecule has 1 aromatic carbocycles. The Hall–Kier alpha value is -1.95. The molecule has 0 saturated carbocycles. The number of hydrogen-bond acceptors (Lipinski definition) is 4. The van der Waals surface area contributed by atoms with Gasteiger partial charge in [0.05, 0.1) is 3.79 Å². The molecular formula is C14H5BrN2OS. The normalized spacial score (nSPS) is 13.2. The smallest absolute Gasteiger partial charge is 0.167 e. The number of nitrogens with zero attached hydrogens (tertiary/aromatic N) is 2. The summed E-state index contributed by atoms with van der Waals surface area (Å²) in [6, 6.07) is 9.45. The maximum Gasteiger partial charge on any atom is 0.167 e. The van der Waals surface area contributed by atoms with Gasteiger partial charge in [-0.3, -0.25) is 4.79 Å². The Kier molecular flexibility index (Phi) is 2.74. The van der Waals surface area contributed by atoms with E-state index in [0.29, 0.717) is 11.1 Å². The fourth-order valence-corrected chi connectivity index (χ4v) is 3.85. The fraction of sp³-hybridized carbons (Fsp3) is 0.0714. The van der Waals surface area contributed by atoms with Gasteiger partial charge in [-0.05, 0) is 50.7 Å². The molecule has 19 heavy (non-hydrogen) atoms. The molecule has 0 atom stereocenters. The summed E-state index contributed by atoms with van der Waals surface area (Å²) in [5.41, 5.74) is 1.91. The molecule has 0 spiro atoms. The highest BCUT2D eigenvalue weighted by Crippen LogP contribution is 2.40. The Bertz CT molecular complexity index is 833. The van der Waals surface area contributed by atoms with E-state index in [9.17, 15) is 4.79 Å². The lowest BCUT2D eigenvalue weighted by Gasteiger charge is -2.00. The van der Waals surface area contributed by atoms with Crippen LogP contribution in [0.15, 0.2) is 27.6 Å². The van der Waals surface area contributed by atoms with Gasteiger partial charge in [0.15, 0.2) is 5.78 Å². The van der Waals surface area contributed by atoms with Crippen LogP contribution in [0.2, 0.25) is 0 Å². The van der Waals surface area contributed by atoms with E-state index in [-0.39, 0.29) is 17.8 Å². The molecule has 3 rings (SSSR count). The number of ketones is 1. The molecule has 0 N–H and O–H groups in total. The van der Waals surface area contributed by atoms with Gasteiger partial charge in [0.2, 0.25) is 0 Å². The SMILES string of the molecule is N#CC(C#N)=C1CC(=O)c2cc3sc(Br)cc3cc21. The summed E-state index contributed by atoms with van der Waals surface area (Å²) in [7, 11) is 0. The highest BCUT2D eigenvalue weighted by atomic mass is 79.9. The second-order valence-electron chi connectivity index (χ2n) is 4.16. The fourth-order valence-electron chi connectivity index (χ4n) is 2.27. The van der Waals surface area contributed by atoms with Gasteiger partial charge in [-0.25, -0.2) is 0 Å². The summed E-state index contributed by atoms with van der Waals surface area (Å²) in [6.07, 6.45) is 0.143. The number of nitriles is 2. The molecule has 0 aliphatic heterocycles. The third-order valence-corrected chi connectivity index (χ3v) is 4.72. The van der Waals surface area contributed by atoms with Crippen LogP contribution in [-0.4, -0.2) is 5.78 Å². The first-order chi connectivity index (χ1) is 9.13. The Morgan fingerprint density at radius 1 is 1.21 bits per heavy atom. The average Bonchev–Trinajstić information content (AvgIpc) is 2.89. The molecule has 3 nitrogen and oxygen atoms in total. The third-order valence-electron chi connectivity index (χ3n) is 3.11. The summed E-state index contributed by atoms with van der Waals surface area (Å²) < 4.78 is 2.01. The monoisotopic (exact) mass is 328 g/mol. The van der Waals surface area contributed by atoms with Crippen molar-refractivity contribution in [3.8, 4) is 12.1 Å². The lowest BCUT2D eigenvalue weighted by atomic mass is 10.0. The van der Waals surface area contributed by atoms with Crippen LogP contribution in [0.3, 0.4) is 0 Å². The number of halogens is 1. The lowest BCUT2D eigenvalue weighted by molar-refractivity contribution is 0.100. The molecule has 0 bridgehead atoms. The number of fused-ring (bicyclic) bond motifs is 2. The van der Waals surface area contributed by atoms with Crippen LogP contribution in [0.25, 0.3) is 15.7 Å². The Labute approximate surface area is 121 Å². The summed E-state index contributed by atoms with van der Waals surface area (Å²) in [5.74, 6) is -0.0283. The molecule has 0 unspecified atom stereocenters. The molecule has 0 saturated heterocycles. The number of Topliss-reactive ketones (excluding diaryl/α,β-unsaturated/α-hetero) is 1. The number of carbonyl (C=O) groups is 1. The molecule has 1 aliphatic carbocycles. The van der Waals surface area contributed by atoms with Crippen molar-refractivity contribution >= 4 is 48.7 Å². The number of thiophene rings is 1. The van der Waals surface area contributed by atoms with Gasteiger partial charge < -0.3 is 0 Å². The van der Waals surface area contributed by atoms with E-state index in [0.717, 1.165) is 19.4 Å². The lowest BCUT2D eigenvalue weighted by Crippen LogP contribution is -1.89. The van der Waals surface area contributed by atoms with Crippen molar-refractivity contribution in [3.05, 3.63) is 38.7 Å². The molecule has 5 heteroatoms. The predicted octanol–water partition coefficient (Wildman–Crippen LogP) is 4.05. The molecule has 1 aromatic heterocycles. The summed E-state index contributed by atoms with van der Waals surface area (Å²) in [5, 5.41) is 18.9. The maximum atomic E-state index is 12.0. The quantitative estimate of drug-likeness (QED) is 0.685. The molecule has 2 aromatic rings. The van der Waals surface area contributed by atoms with E-state index < -0.39 is 0 Å². The van der Waals surface area contributed by atoms with Crippen LogP contribution in [0.4, 0.5) is 0 Å². The second kappa shape index (κ2) is 4.31. The standard InChI is InChI=1S/C14H5BrN2OS/c15-14-2-7-1-10-9(8(5-16)6-17)3-12(18)11(10)4-13(7)19-14/h1-2,4H,3H2. The molecule has 0 amide bonds. The second-order valence-corrected chi connectivity index (χ2v) is 6.63. The Morgan fingerprint density at radius 2 is 1.95 bits per heavy atom. The topological polar surface area (TPSA) is 64.7 Å². The number of hydrogen-bond donors (Lipinski definition) is 0. The summed E-state index contributed by atoms with van der Waals surface area (Å²) >= 11 is 4.98. The van der Waals surface area contributed by atoms with E-state index in [1.807, 2.05) is 30.3 Å². The van der Waals surface area contributed by atoms with E-state index in [1.54, 1.807) is 11.3 Å². The van der Waals surface area contributed by atoms with Crippen molar-refractivity contribution in [1.29, 1.82) is 10.5 Å². The molecule has 1 aliphatic rings. The van der Waals surface area contributed by atoms with E-state index in [2.05, 4.69) is 15.9 Å². The van der Waals surface area contributed by atoms with Crippen LogP contribution in [0.5, 0.6) is 0 Å². The van der Waals surface area contributed by atoms with Crippen molar-refractivity contribution in [2.24, 2.45) is 0 Å². The molecule has 0 fully saturated rings. The first-order valence-electron chi connectivity index (χ1n) is 5.44. The van der Waals surface area contributed by atoms with Crippen LogP contribution in [-0.2, 0) is 0 Å². The summed E-state index contributed by atoms with van der Waals surface area (Å²) in [4.78, 5) is 12.0. The van der Waals surface area contributed by atoms with E-state index in [4.69, 9.17) is 10.5 Å². The zero-order valence-corrected chi connectivity index (χ0v) is 11.9. The van der Waals surface area contributed by atoms with Gasteiger partial charge in [0, 0.05) is 16.7 Å². The minimum Gasteiger partial charge on any atom is -0.294 e. The van der Waals surface area contributed by atoms with Gasteiger partial charge in [0.1, 0.15) is 17.7 Å². The van der Waals surface area contributed by atoms with Gasteiger partial charge in [-0.15, -0.1) is 11.3 Å². The largest absolute Gasteiger partial charge is 0.294 e. The van der Waals surface area contributed by atoms with Gasteiger partial charge in [0.25, 0.3) is 0 Å². The first kappa shape index (κ1) is 12.1. The number of allylic oxidation sites excluding steroid dienone is 2. The molecule has 0 radical (unpaired) electrons. The third kappa shape index (κ3) is 1.79. The van der Waals surface area contributed by atoms with Crippen molar-refractivity contribution in [2.45, 2.75) is 6.42 Å². The average molecular weight is 329 g/mol. The molecule has 1 heterocycles. The minimum absolute atomic E-state index is 0.0283. The highest BCUT2D eigenvalue weighted by Gasteiger charge is 2.27. The van der Waals surface area contributed by atoms with E-state index >= 15 is 0 Å². The Balaban J connectivity index is 2.36. The highest BCUT2D eigenvalue weighted by molar-refractivity contribution is 9.11. The molecule has 90 valence electrons. The van der Waals surface area contributed by atoms with Crippen molar-refractivity contribution in [3.63, 3.8) is 0 Å². The van der Waals surface area contributed by atoms with Crippen LogP contribution < -0.4 is 0 Å². The predicted molar refractivity (Wildman–Crippen MR) is 76.6 cm³/mol. The van der Waals surface area contributed by atoms with E-state index in [1.165, 1.54) is 0 Å². The van der Waals surface area contributed by atoms with Gasteiger partial charge in [-0.1, -0.05) is 0 Å². The van der Waals surface area contributed by atoms with Gasteiger partial charge >= 0.3 is 0 Å². The summed E-state index contributed by atoms with van der Waals surface area (Å²) in [6.45, 7) is 0. The van der Waals surface area contributed by atoms with Crippen molar-refractivity contribution < 1.29 is 4.79 Å². The molecular weight excluding hydrogens is 324 g/mol. The van der Waals surface area contributed by atoms with Crippen molar-refractivity contribution in [2.75, 3.05) is 0 Å². The number of benzene rings is 1. The number of carbonyl (C=O) groups excluding carboxylic acids is 1. The maximum absolute atomic E-state index is 12.0. The van der Waals surface area contributed by atoms with Crippen LogP contribution in [0, 0.1) is 22.7 Å². The number of rotatable bonds is 0. The van der Waals surface area contributed by atoms with Crippen molar-refractivity contribution in [1.82, 2.24) is 0 Å². The van der Waals surface area contributed by atoms with Gasteiger partial charge in [-0.2, -0.15) is 10.5 Å². The zero-order valence-electron chi connectivity index (χ0n) is 9.53. The minimum atomic E-state index is -0.0283. The Morgan fingerprint density at radius 3 is 2.63 bits per heavy atom. The van der Waals surface area contributed by atoms with Crippen LogP contribution >= 0.6 is 27.3 Å².